The van der Waals surface area contributed by atoms with Gasteiger partial charge in [-0.15, -0.1) is 0 Å². The van der Waals surface area contributed by atoms with Crippen molar-refractivity contribution in [2.45, 2.75) is 32.2 Å². The third-order valence-electron chi connectivity index (χ3n) is 6.13. The molecule has 0 aromatic heterocycles. The van der Waals surface area contributed by atoms with Crippen molar-refractivity contribution >= 4 is 5.91 Å². The molecule has 2 aliphatic heterocycles. The zero-order chi connectivity index (χ0) is 20.6. The first-order valence-electron chi connectivity index (χ1n) is 11.0. The molecule has 2 aliphatic rings. The highest BCUT2D eigenvalue weighted by atomic mass is 19.1. The van der Waals surface area contributed by atoms with Crippen LogP contribution in [0, 0.1) is 17.7 Å². The van der Waals surface area contributed by atoms with Gasteiger partial charge in [0.2, 0.25) is 5.91 Å². The Morgan fingerprint density at radius 3 is 2.66 bits per heavy atom. The first-order valence-corrected chi connectivity index (χ1v) is 11.0. The van der Waals surface area contributed by atoms with E-state index in [1.807, 2.05) is 26.2 Å². The van der Waals surface area contributed by atoms with Crippen LogP contribution in [-0.4, -0.2) is 80.6 Å². The highest BCUT2D eigenvalue weighted by Gasteiger charge is 2.29. The molecule has 0 saturated carbocycles. The van der Waals surface area contributed by atoms with Crippen LogP contribution in [0.15, 0.2) is 24.3 Å². The van der Waals surface area contributed by atoms with Crippen LogP contribution in [0.25, 0.3) is 0 Å². The highest BCUT2D eigenvalue weighted by Crippen LogP contribution is 2.23. The molecule has 0 aliphatic carbocycles. The van der Waals surface area contributed by atoms with Gasteiger partial charge in [-0.3, -0.25) is 9.69 Å². The Balaban J connectivity index is 1.59. The molecular weight excluding hydrogens is 369 g/mol. The molecule has 2 saturated heterocycles. The van der Waals surface area contributed by atoms with Crippen molar-refractivity contribution in [3.05, 3.63) is 35.6 Å². The van der Waals surface area contributed by atoms with Crippen LogP contribution in [-0.2, 0) is 16.1 Å². The number of carbonyl (C=O) groups is 1. The Morgan fingerprint density at radius 1 is 1.17 bits per heavy atom. The Hall–Kier alpha value is -1.50. The van der Waals surface area contributed by atoms with Gasteiger partial charge in [-0.25, -0.2) is 4.39 Å². The van der Waals surface area contributed by atoms with Gasteiger partial charge in [0, 0.05) is 57.4 Å². The van der Waals surface area contributed by atoms with E-state index in [0.717, 1.165) is 64.0 Å². The summed E-state index contributed by atoms with van der Waals surface area (Å²) in [5.74, 6) is 0.712. The van der Waals surface area contributed by atoms with Gasteiger partial charge in [-0.05, 0) is 58.3 Å². The number of rotatable bonds is 8. The van der Waals surface area contributed by atoms with Crippen LogP contribution >= 0.6 is 0 Å². The molecule has 0 bridgehead atoms. The molecule has 1 aromatic rings. The van der Waals surface area contributed by atoms with E-state index in [1.54, 1.807) is 6.07 Å². The Bertz CT molecular complexity index is 649. The van der Waals surface area contributed by atoms with Crippen LogP contribution < -0.4 is 0 Å². The number of carbonyl (C=O) groups excluding carboxylic acids is 1. The van der Waals surface area contributed by atoms with E-state index in [2.05, 4.69) is 14.7 Å². The van der Waals surface area contributed by atoms with Crippen LogP contribution in [0.4, 0.5) is 4.39 Å². The first kappa shape index (κ1) is 22.2. The monoisotopic (exact) mass is 405 g/mol. The average Bonchev–Trinajstić information content (AvgIpc) is 2.73. The maximum Gasteiger partial charge on any atom is 0.225 e. The summed E-state index contributed by atoms with van der Waals surface area (Å²) >= 11 is 0. The summed E-state index contributed by atoms with van der Waals surface area (Å²) in [7, 11) is 4.10. The van der Waals surface area contributed by atoms with Crippen molar-refractivity contribution < 1.29 is 13.9 Å². The molecule has 2 heterocycles. The number of hydrogen-bond acceptors (Lipinski definition) is 4. The third-order valence-corrected chi connectivity index (χ3v) is 6.13. The standard InChI is InChI=1S/C23H36FN3O2/c1-25(2)12-13-27(23(28)20-9-14-29-15-10-20)17-19-6-5-11-26(16-19)18-21-7-3-4-8-22(21)24/h3-4,7-8,19-20H,5-6,9-18H2,1-2H3/t19-/m1/s1. The number of piperidine rings is 1. The van der Waals surface area contributed by atoms with E-state index >= 15 is 0 Å². The molecule has 2 fully saturated rings. The lowest BCUT2D eigenvalue weighted by Gasteiger charge is -2.37. The minimum Gasteiger partial charge on any atom is -0.381 e. The predicted octanol–water partition coefficient (Wildman–Crippen LogP) is 2.85. The molecule has 1 atom stereocenters. The minimum atomic E-state index is -0.128. The fourth-order valence-electron chi connectivity index (χ4n) is 4.44. The van der Waals surface area contributed by atoms with Gasteiger partial charge >= 0.3 is 0 Å². The van der Waals surface area contributed by atoms with Crippen molar-refractivity contribution in [2.24, 2.45) is 11.8 Å². The van der Waals surface area contributed by atoms with Gasteiger partial charge < -0.3 is 14.5 Å². The summed E-state index contributed by atoms with van der Waals surface area (Å²) in [6.45, 7) is 6.40. The second-order valence-electron chi connectivity index (χ2n) is 8.81. The van der Waals surface area contributed by atoms with Crippen molar-refractivity contribution in [1.82, 2.24) is 14.7 Å². The van der Waals surface area contributed by atoms with Crippen LogP contribution in [0.3, 0.4) is 0 Å². The number of benzene rings is 1. The molecule has 6 heteroatoms. The molecule has 29 heavy (non-hydrogen) atoms. The largest absolute Gasteiger partial charge is 0.381 e. The van der Waals surface area contributed by atoms with Crippen molar-refractivity contribution in [1.29, 1.82) is 0 Å². The smallest absolute Gasteiger partial charge is 0.225 e. The van der Waals surface area contributed by atoms with E-state index in [-0.39, 0.29) is 11.7 Å². The molecule has 0 radical (unpaired) electrons. The van der Waals surface area contributed by atoms with E-state index < -0.39 is 0 Å². The fourth-order valence-corrected chi connectivity index (χ4v) is 4.44. The van der Waals surface area contributed by atoms with Gasteiger partial charge in [0.1, 0.15) is 5.82 Å². The minimum absolute atomic E-state index is 0.101. The molecule has 0 spiro atoms. The maximum absolute atomic E-state index is 14.0. The van der Waals surface area contributed by atoms with Crippen LogP contribution in [0.5, 0.6) is 0 Å². The van der Waals surface area contributed by atoms with Gasteiger partial charge in [0.25, 0.3) is 0 Å². The molecule has 5 nitrogen and oxygen atoms in total. The topological polar surface area (TPSA) is 36.0 Å². The second-order valence-corrected chi connectivity index (χ2v) is 8.81. The van der Waals surface area contributed by atoms with E-state index in [1.165, 1.54) is 6.07 Å². The lowest BCUT2D eigenvalue weighted by Crippen LogP contribution is -2.47. The van der Waals surface area contributed by atoms with Crippen LogP contribution in [0.2, 0.25) is 0 Å². The molecule has 0 unspecified atom stereocenters. The van der Waals surface area contributed by atoms with Gasteiger partial charge in [0.05, 0.1) is 0 Å². The number of ether oxygens (including phenoxy) is 1. The van der Waals surface area contributed by atoms with E-state index in [4.69, 9.17) is 4.74 Å². The SMILES string of the molecule is CN(C)CCN(C[C@@H]1CCCN(Cc2ccccc2F)C1)C(=O)C1CCOCC1. The summed E-state index contributed by atoms with van der Waals surface area (Å²) < 4.78 is 19.5. The number of likely N-dealkylation sites (N-methyl/N-ethyl adjacent to an activating group) is 1. The zero-order valence-corrected chi connectivity index (χ0v) is 18.0. The number of likely N-dealkylation sites (tertiary alicyclic amines) is 1. The highest BCUT2D eigenvalue weighted by molar-refractivity contribution is 5.79. The second kappa shape index (κ2) is 11.0. The molecule has 3 rings (SSSR count). The quantitative estimate of drug-likeness (QED) is 0.666. The van der Waals surface area contributed by atoms with Crippen LogP contribution in [0.1, 0.15) is 31.2 Å². The molecule has 0 N–H and O–H groups in total. The maximum atomic E-state index is 14.0. The Morgan fingerprint density at radius 2 is 1.93 bits per heavy atom. The normalized spacial score (nSPS) is 21.4. The number of halogens is 1. The van der Waals surface area contributed by atoms with E-state index in [0.29, 0.717) is 31.6 Å². The van der Waals surface area contributed by atoms with Gasteiger partial charge in [0.15, 0.2) is 0 Å². The molecule has 1 amide bonds. The van der Waals surface area contributed by atoms with Gasteiger partial charge in [-0.2, -0.15) is 0 Å². The number of hydrogen-bond donors (Lipinski definition) is 0. The molecular formula is C23H36FN3O2. The Labute approximate surface area is 174 Å². The summed E-state index contributed by atoms with van der Waals surface area (Å²) in [6, 6.07) is 7.04. The first-order chi connectivity index (χ1) is 14.0. The molecule has 162 valence electrons. The van der Waals surface area contributed by atoms with E-state index in [9.17, 15) is 9.18 Å². The summed E-state index contributed by atoms with van der Waals surface area (Å²) in [6.07, 6.45) is 3.90. The fraction of sp³-hybridized carbons (Fsp3) is 0.696. The van der Waals surface area contributed by atoms with Gasteiger partial charge in [-0.1, -0.05) is 18.2 Å². The number of nitrogens with zero attached hydrogens (tertiary/aromatic N) is 3. The predicted molar refractivity (Wildman–Crippen MR) is 113 cm³/mol. The third kappa shape index (κ3) is 6.76. The molecule has 1 aromatic carbocycles. The number of amides is 1. The average molecular weight is 406 g/mol. The summed E-state index contributed by atoms with van der Waals surface area (Å²) in [5, 5.41) is 0. The van der Waals surface area contributed by atoms with Crippen molar-refractivity contribution in [3.63, 3.8) is 0 Å². The Kier molecular flexibility index (Phi) is 8.45. The summed E-state index contributed by atoms with van der Waals surface area (Å²) in [4.78, 5) is 19.8. The lowest BCUT2D eigenvalue weighted by atomic mass is 9.94. The zero-order valence-electron chi connectivity index (χ0n) is 18.0. The lowest BCUT2D eigenvalue weighted by molar-refractivity contribution is -0.139. The van der Waals surface area contributed by atoms with Crippen molar-refractivity contribution in [3.8, 4) is 0 Å². The van der Waals surface area contributed by atoms with Crippen molar-refractivity contribution in [2.75, 3.05) is 60.0 Å². The summed E-state index contributed by atoms with van der Waals surface area (Å²) in [5.41, 5.74) is 0.760.